The normalized spacial score (nSPS) is 22.2. The zero-order valence-corrected chi connectivity index (χ0v) is 32.9. The Kier molecular flexibility index (Phi) is 14.0. The van der Waals surface area contributed by atoms with E-state index in [2.05, 4.69) is 16.0 Å². The van der Waals surface area contributed by atoms with Gasteiger partial charge in [-0.2, -0.15) is 0 Å². The van der Waals surface area contributed by atoms with Crippen LogP contribution < -0.4 is 20.7 Å². The molecule has 3 aromatic carbocycles. The molecule has 318 valence electrons. The van der Waals surface area contributed by atoms with Crippen molar-refractivity contribution in [2.45, 2.75) is 68.5 Å². The summed E-state index contributed by atoms with van der Waals surface area (Å²) in [5.74, 6) is -6.66. The second-order valence-electron chi connectivity index (χ2n) is 16.2. The van der Waals surface area contributed by atoms with Gasteiger partial charge < -0.3 is 40.9 Å². The van der Waals surface area contributed by atoms with Crippen molar-refractivity contribution in [3.05, 3.63) is 101 Å². The van der Waals surface area contributed by atoms with Crippen molar-refractivity contribution < 1.29 is 52.4 Å². The van der Waals surface area contributed by atoms with Gasteiger partial charge >= 0.3 is 17.9 Å². The van der Waals surface area contributed by atoms with Gasteiger partial charge in [-0.25, -0.2) is 27.6 Å². The van der Waals surface area contributed by atoms with E-state index < -0.39 is 52.7 Å². The van der Waals surface area contributed by atoms with E-state index in [0.717, 1.165) is 0 Å². The smallest absolute Gasteiger partial charge is 0.342 e. The molecule has 1 amide bonds. The number of amides is 1. The first kappa shape index (κ1) is 43.6. The van der Waals surface area contributed by atoms with Crippen LogP contribution in [-0.4, -0.2) is 113 Å². The van der Waals surface area contributed by atoms with Gasteiger partial charge in [0.2, 0.25) is 22.9 Å². The second kappa shape index (κ2) is 18.9. The average Bonchev–Trinajstić information content (AvgIpc) is 4.03. The molecule has 6 atom stereocenters. The van der Waals surface area contributed by atoms with Crippen molar-refractivity contribution in [3.8, 4) is 5.75 Å². The zero-order valence-electron chi connectivity index (χ0n) is 32.9. The molecule has 12 nitrogen and oxygen atoms in total. The van der Waals surface area contributed by atoms with Crippen molar-refractivity contribution in [2.75, 3.05) is 52.4 Å². The van der Waals surface area contributed by atoms with Gasteiger partial charge in [0, 0.05) is 63.2 Å². The van der Waals surface area contributed by atoms with Crippen LogP contribution in [0.4, 0.5) is 13.2 Å². The minimum absolute atomic E-state index is 0.0130. The molecule has 3 aliphatic heterocycles. The first-order chi connectivity index (χ1) is 28.2. The van der Waals surface area contributed by atoms with Crippen LogP contribution in [-0.2, 0) is 51.4 Å². The summed E-state index contributed by atoms with van der Waals surface area (Å²) in [4.78, 5) is 52.0. The van der Waals surface area contributed by atoms with Crippen LogP contribution in [0.3, 0.4) is 0 Å². The Labute approximate surface area is 341 Å². The number of ether oxygens (including phenoxy) is 1. The SMILES string of the molecule is O=C(Cc1cccc(CC(F)(C(=O)O)[C@@H]2CCNC2)c1)N(CCOc1cccc(CC(F)(C(=O)O)[C@@H]2CCNC2)c1)Cc1cccc(CC(F)(C(=O)O)[C@@H]2CCNC2)c1. The molecule has 3 aromatic rings. The molecule has 0 radical (unpaired) electrons. The summed E-state index contributed by atoms with van der Waals surface area (Å²) in [6, 6.07) is 19.9. The van der Waals surface area contributed by atoms with E-state index in [-0.39, 0.29) is 70.9 Å². The summed E-state index contributed by atoms with van der Waals surface area (Å²) in [5, 5.41) is 38.7. The van der Waals surface area contributed by atoms with E-state index in [9.17, 15) is 34.5 Å². The Hall–Kier alpha value is -4.99. The summed E-state index contributed by atoms with van der Waals surface area (Å²) in [6.45, 7) is 2.45. The van der Waals surface area contributed by atoms with Crippen molar-refractivity contribution >= 4 is 23.8 Å². The maximum atomic E-state index is 16.1. The van der Waals surface area contributed by atoms with E-state index in [1.807, 2.05) is 0 Å². The van der Waals surface area contributed by atoms with Gasteiger partial charge in [-0.1, -0.05) is 60.7 Å². The predicted octanol–water partition coefficient (Wildman–Crippen LogP) is 4.17. The van der Waals surface area contributed by atoms with Crippen LogP contribution in [0.5, 0.6) is 5.75 Å². The van der Waals surface area contributed by atoms with E-state index in [1.165, 1.54) is 4.90 Å². The first-order valence-corrected chi connectivity index (χ1v) is 20.2. The number of nitrogens with zero attached hydrogens (tertiary/aromatic N) is 1. The van der Waals surface area contributed by atoms with E-state index in [4.69, 9.17) is 4.74 Å². The number of aliphatic carboxylic acids is 3. The topological polar surface area (TPSA) is 178 Å². The number of hydrogen-bond donors (Lipinski definition) is 6. The van der Waals surface area contributed by atoms with Crippen LogP contribution >= 0.6 is 0 Å². The highest BCUT2D eigenvalue weighted by Gasteiger charge is 2.49. The molecule has 59 heavy (non-hydrogen) atoms. The number of carboxylic acids is 3. The van der Waals surface area contributed by atoms with Gasteiger partial charge in [0.05, 0.1) is 13.0 Å². The fourth-order valence-electron chi connectivity index (χ4n) is 8.72. The third-order valence-electron chi connectivity index (χ3n) is 12.2. The molecule has 0 aromatic heterocycles. The molecule has 0 spiro atoms. The quantitative estimate of drug-likeness (QED) is 0.0965. The molecule has 3 aliphatic rings. The highest BCUT2D eigenvalue weighted by Crippen LogP contribution is 2.35. The lowest BCUT2D eigenvalue weighted by Crippen LogP contribution is -2.44. The maximum Gasteiger partial charge on any atom is 0.342 e. The van der Waals surface area contributed by atoms with Crippen LogP contribution in [0.15, 0.2) is 72.8 Å². The van der Waals surface area contributed by atoms with Crippen LogP contribution in [0.25, 0.3) is 0 Å². The molecule has 15 heteroatoms. The third kappa shape index (κ3) is 10.4. The van der Waals surface area contributed by atoms with Crippen molar-refractivity contribution in [3.63, 3.8) is 0 Å². The Bertz CT molecular complexity index is 1970. The molecule has 0 bridgehead atoms. The number of benzene rings is 3. The summed E-state index contributed by atoms with van der Waals surface area (Å²) < 4.78 is 54.0. The maximum absolute atomic E-state index is 16.1. The van der Waals surface area contributed by atoms with E-state index in [0.29, 0.717) is 72.5 Å². The lowest BCUT2D eigenvalue weighted by atomic mass is 9.83. The number of carbonyl (C=O) groups is 4. The lowest BCUT2D eigenvalue weighted by Gasteiger charge is -2.28. The molecule has 3 saturated heterocycles. The largest absolute Gasteiger partial charge is 0.492 e. The zero-order chi connectivity index (χ0) is 42.2. The average molecular weight is 823 g/mol. The number of nitrogens with one attached hydrogen (secondary N) is 3. The lowest BCUT2D eigenvalue weighted by molar-refractivity contribution is -0.155. The van der Waals surface area contributed by atoms with Gasteiger partial charge in [-0.3, -0.25) is 4.79 Å². The number of hydrogen-bond acceptors (Lipinski definition) is 8. The molecular weight excluding hydrogens is 769 g/mol. The van der Waals surface area contributed by atoms with Gasteiger partial charge in [0.25, 0.3) is 0 Å². The number of alkyl halides is 3. The van der Waals surface area contributed by atoms with Gasteiger partial charge in [0.1, 0.15) is 12.4 Å². The first-order valence-electron chi connectivity index (χ1n) is 20.2. The van der Waals surface area contributed by atoms with Crippen LogP contribution in [0, 0.1) is 17.8 Å². The fourth-order valence-corrected chi connectivity index (χ4v) is 8.72. The molecule has 3 fully saturated rings. The third-order valence-corrected chi connectivity index (χ3v) is 12.2. The second-order valence-corrected chi connectivity index (χ2v) is 16.2. The molecule has 3 unspecified atom stereocenters. The predicted molar refractivity (Wildman–Crippen MR) is 212 cm³/mol. The summed E-state index contributed by atoms with van der Waals surface area (Å²) in [7, 11) is 0. The van der Waals surface area contributed by atoms with Gasteiger partial charge in [-0.15, -0.1) is 0 Å². The summed E-state index contributed by atoms with van der Waals surface area (Å²) in [5.41, 5.74) is -4.96. The Morgan fingerprint density at radius 3 is 1.46 bits per heavy atom. The van der Waals surface area contributed by atoms with Gasteiger partial charge in [0.15, 0.2) is 0 Å². The number of carbonyl (C=O) groups excluding carboxylic acids is 1. The minimum atomic E-state index is -2.49. The highest BCUT2D eigenvalue weighted by molar-refractivity contribution is 5.80. The number of rotatable bonds is 20. The molecule has 6 N–H and O–H groups in total. The molecule has 0 saturated carbocycles. The summed E-state index contributed by atoms with van der Waals surface area (Å²) >= 11 is 0. The Morgan fingerprint density at radius 1 is 0.610 bits per heavy atom. The van der Waals surface area contributed by atoms with Crippen molar-refractivity contribution in [1.82, 2.24) is 20.9 Å². The Balaban J connectivity index is 1.19. The number of carboxylic acid groups (broad SMARTS) is 3. The van der Waals surface area contributed by atoms with E-state index >= 15 is 13.2 Å². The van der Waals surface area contributed by atoms with Gasteiger partial charge in [-0.05, 0) is 78.8 Å². The molecular formula is C44H53F3N4O8. The minimum Gasteiger partial charge on any atom is -0.492 e. The monoisotopic (exact) mass is 822 g/mol. The van der Waals surface area contributed by atoms with Crippen LogP contribution in [0.2, 0.25) is 0 Å². The standard InChI is InChI=1S/C44H53F3N4O8/c45-42(39(53)54,34-10-13-48-25-34)22-30-5-1-4-29(18-30)21-38(52)51(28-33-8-2-6-31(19-33)23-43(46,40(55)56)35-11-14-49-26-35)16-17-59-37-9-3-7-32(20-37)24-44(47,41(57)58)36-12-15-50-27-36/h1-9,18-20,34-36,48-50H,10-17,21-28H2,(H,53,54)(H,55,56)(H,57,58)/t34-,35-,36-,42?,43?,44?/m1/s1. The summed E-state index contributed by atoms with van der Waals surface area (Å²) in [6.07, 6.45) is -0.00551. The fraction of sp³-hybridized carbons (Fsp3) is 0.500. The molecule has 3 heterocycles. The molecule has 0 aliphatic carbocycles. The highest BCUT2D eigenvalue weighted by atomic mass is 19.2. The number of halogens is 3. The Morgan fingerprint density at radius 2 is 1.02 bits per heavy atom. The van der Waals surface area contributed by atoms with Crippen molar-refractivity contribution in [2.24, 2.45) is 17.8 Å². The molecule has 6 rings (SSSR count). The van der Waals surface area contributed by atoms with Crippen molar-refractivity contribution in [1.29, 1.82) is 0 Å². The van der Waals surface area contributed by atoms with E-state index in [1.54, 1.807) is 72.8 Å². The van der Waals surface area contributed by atoms with Crippen LogP contribution in [0.1, 0.15) is 47.1 Å².